The number of aliphatic hydroxyl groups is 1. The predicted molar refractivity (Wildman–Crippen MR) is 92.6 cm³/mol. The molecule has 1 aromatic carbocycles. The molecule has 0 unspecified atom stereocenters. The molecule has 2 aromatic rings. The van der Waals surface area contributed by atoms with E-state index >= 15 is 0 Å². The monoisotopic (exact) mass is 327 g/mol. The van der Waals surface area contributed by atoms with Crippen molar-refractivity contribution in [3.63, 3.8) is 0 Å². The Labute approximate surface area is 139 Å². The number of hydrogen-bond donors (Lipinski definition) is 4. The molecule has 7 nitrogen and oxygen atoms in total. The van der Waals surface area contributed by atoms with Crippen LogP contribution in [-0.2, 0) is 0 Å². The third-order valence-corrected chi connectivity index (χ3v) is 3.75. The Morgan fingerprint density at radius 1 is 1.33 bits per heavy atom. The van der Waals surface area contributed by atoms with Crippen molar-refractivity contribution < 1.29 is 10.2 Å². The molecule has 3 rings (SSSR count). The van der Waals surface area contributed by atoms with Gasteiger partial charge in [0.15, 0.2) is 0 Å². The van der Waals surface area contributed by atoms with Gasteiger partial charge in [-0.3, -0.25) is 0 Å². The zero-order valence-corrected chi connectivity index (χ0v) is 13.7. The van der Waals surface area contributed by atoms with Crippen LogP contribution in [0, 0.1) is 5.92 Å². The number of hydrogen-bond acceptors (Lipinski definition) is 6. The minimum Gasteiger partial charge on any atom is -0.492 e. The Balaban J connectivity index is 1.83. The van der Waals surface area contributed by atoms with Crippen molar-refractivity contribution in [1.82, 2.24) is 9.97 Å². The normalized spacial score (nSPS) is 14.8. The van der Waals surface area contributed by atoms with Gasteiger partial charge in [0, 0.05) is 5.56 Å². The molecular weight excluding hydrogens is 306 g/mol. The van der Waals surface area contributed by atoms with Crippen LogP contribution in [0.3, 0.4) is 0 Å². The first-order valence-electron chi connectivity index (χ1n) is 7.94. The van der Waals surface area contributed by atoms with Crippen LogP contribution in [-0.4, -0.2) is 39.0 Å². The number of imidazole rings is 1. The molecule has 24 heavy (non-hydrogen) atoms. The Kier molecular flexibility index (Phi) is 4.61. The first-order valence-corrected chi connectivity index (χ1v) is 7.94. The highest BCUT2D eigenvalue weighted by Gasteiger charge is 2.13. The maximum Gasteiger partial charge on any atom is 0.238 e. The van der Waals surface area contributed by atoms with E-state index in [2.05, 4.69) is 39.3 Å². The van der Waals surface area contributed by atoms with Gasteiger partial charge in [-0.2, -0.15) is 15.2 Å². The Morgan fingerprint density at radius 2 is 2.17 bits per heavy atom. The van der Waals surface area contributed by atoms with Crippen LogP contribution in [0.15, 0.2) is 28.4 Å². The second kappa shape index (κ2) is 6.84. The second-order valence-electron chi connectivity index (χ2n) is 6.28. The minimum atomic E-state index is -0.110. The molecular formula is C17H21N5O2. The van der Waals surface area contributed by atoms with Crippen LogP contribution >= 0.6 is 0 Å². The SMILES string of the molecule is CC(C)C[C@H](CO)Nc1nc(O)c(C=c2ccc3c(c2)C=NN=3)[nH]1. The molecule has 1 aromatic heterocycles. The van der Waals surface area contributed by atoms with E-state index in [1.165, 1.54) is 0 Å². The highest BCUT2D eigenvalue weighted by molar-refractivity contribution is 5.80. The fourth-order valence-electron chi connectivity index (χ4n) is 2.67. The molecule has 0 aliphatic carbocycles. The van der Waals surface area contributed by atoms with Crippen LogP contribution in [0.2, 0.25) is 0 Å². The number of H-pyrrole nitrogens is 1. The molecule has 2 heterocycles. The maximum absolute atomic E-state index is 10.0. The van der Waals surface area contributed by atoms with Gasteiger partial charge < -0.3 is 20.5 Å². The molecule has 0 saturated heterocycles. The summed E-state index contributed by atoms with van der Waals surface area (Å²) in [4.78, 5) is 7.12. The van der Waals surface area contributed by atoms with Crippen molar-refractivity contribution in [1.29, 1.82) is 0 Å². The number of anilines is 1. The topological polar surface area (TPSA) is 106 Å². The van der Waals surface area contributed by atoms with Crippen LogP contribution in [0.25, 0.3) is 6.08 Å². The van der Waals surface area contributed by atoms with Crippen molar-refractivity contribution in [3.05, 3.63) is 40.0 Å². The fraction of sp³-hybridized carbons (Fsp3) is 0.353. The zero-order valence-electron chi connectivity index (χ0n) is 13.7. The molecule has 1 aliphatic heterocycles. The highest BCUT2D eigenvalue weighted by atomic mass is 16.3. The average molecular weight is 327 g/mol. The molecule has 4 N–H and O–H groups in total. The highest BCUT2D eigenvalue weighted by Crippen LogP contribution is 2.18. The van der Waals surface area contributed by atoms with Crippen LogP contribution in [0.4, 0.5) is 5.95 Å². The minimum absolute atomic E-state index is 0.00630. The van der Waals surface area contributed by atoms with E-state index in [4.69, 9.17) is 0 Å². The molecule has 126 valence electrons. The number of benzene rings is 1. The Morgan fingerprint density at radius 3 is 2.92 bits per heavy atom. The van der Waals surface area contributed by atoms with Gasteiger partial charge in [-0.1, -0.05) is 19.9 Å². The third kappa shape index (κ3) is 3.62. The number of rotatable bonds is 6. The van der Waals surface area contributed by atoms with Crippen LogP contribution in [0.5, 0.6) is 5.88 Å². The molecule has 7 heteroatoms. The Hall–Kier alpha value is -2.67. The van der Waals surface area contributed by atoms with Gasteiger partial charge in [-0.25, -0.2) is 0 Å². The van der Waals surface area contributed by atoms with E-state index in [-0.39, 0.29) is 18.5 Å². The lowest BCUT2D eigenvalue weighted by Gasteiger charge is -2.17. The summed E-state index contributed by atoms with van der Waals surface area (Å²) in [7, 11) is 0. The molecule has 0 bridgehead atoms. The molecule has 0 amide bonds. The summed E-state index contributed by atoms with van der Waals surface area (Å²) >= 11 is 0. The van der Waals surface area contributed by atoms with E-state index in [0.29, 0.717) is 17.6 Å². The number of aromatic hydroxyl groups is 1. The zero-order chi connectivity index (χ0) is 17.1. The molecule has 0 spiro atoms. The van der Waals surface area contributed by atoms with E-state index in [1.54, 1.807) is 12.3 Å². The Bertz CT molecular complexity index is 870. The predicted octanol–water partition coefficient (Wildman–Crippen LogP) is 0.730. The number of fused-ring (bicyclic) bond motifs is 1. The van der Waals surface area contributed by atoms with Gasteiger partial charge in [-0.15, -0.1) is 0 Å². The molecule has 0 radical (unpaired) electrons. The second-order valence-corrected chi connectivity index (χ2v) is 6.28. The van der Waals surface area contributed by atoms with E-state index in [0.717, 1.165) is 22.6 Å². The first kappa shape index (κ1) is 16.2. The number of nitrogens with zero attached hydrogens (tertiary/aromatic N) is 3. The smallest absolute Gasteiger partial charge is 0.238 e. The summed E-state index contributed by atoms with van der Waals surface area (Å²) in [5.74, 6) is 0.802. The summed E-state index contributed by atoms with van der Waals surface area (Å²) in [6.45, 7) is 4.19. The van der Waals surface area contributed by atoms with Crippen molar-refractivity contribution in [2.75, 3.05) is 11.9 Å². The number of aromatic nitrogens is 2. The van der Waals surface area contributed by atoms with Gasteiger partial charge in [-0.05, 0) is 35.8 Å². The van der Waals surface area contributed by atoms with Crippen LogP contribution < -0.4 is 15.9 Å². The summed E-state index contributed by atoms with van der Waals surface area (Å²) in [6, 6.07) is 5.62. The van der Waals surface area contributed by atoms with Crippen molar-refractivity contribution in [2.45, 2.75) is 26.3 Å². The lowest BCUT2D eigenvalue weighted by Crippen LogP contribution is -2.26. The fourth-order valence-corrected chi connectivity index (χ4v) is 2.67. The summed E-state index contributed by atoms with van der Waals surface area (Å²) in [5.41, 5.74) is 1.45. The van der Waals surface area contributed by atoms with Gasteiger partial charge in [0.1, 0.15) is 5.69 Å². The summed E-state index contributed by atoms with van der Waals surface area (Å²) in [5, 5.41) is 32.2. The average Bonchev–Trinajstić information content (AvgIpc) is 3.12. The third-order valence-electron chi connectivity index (χ3n) is 3.75. The molecule has 0 saturated carbocycles. The van der Waals surface area contributed by atoms with Gasteiger partial charge >= 0.3 is 0 Å². The van der Waals surface area contributed by atoms with Gasteiger partial charge in [0.25, 0.3) is 0 Å². The van der Waals surface area contributed by atoms with E-state index in [1.807, 2.05) is 18.2 Å². The number of aliphatic hydroxyl groups excluding tert-OH is 1. The largest absolute Gasteiger partial charge is 0.492 e. The standard InChI is InChI=1S/C17H21N5O2/c1-10(2)5-13(9-23)19-17-20-15(16(24)21-17)7-11-3-4-14-12(6-11)8-18-22-14/h3-4,6-8,10,13,23-24H,5,9H2,1-2H3,(H2,19,20,21)/t13-/m1/s1. The van der Waals surface area contributed by atoms with Gasteiger partial charge in [0.2, 0.25) is 11.8 Å². The van der Waals surface area contributed by atoms with Gasteiger partial charge in [0.05, 0.1) is 24.2 Å². The molecule has 0 fully saturated rings. The summed E-state index contributed by atoms with van der Waals surface area (Å²) in [6.07, 6.45) is 4.31. The van der Waals surface area contributed by atoms with Crippen LogP contribution in [0.1, 0.15) is 31.5 Å². The molecule has 1 atom stereocenters. The number of nitrogens with one attached hydrogen (secondary N) is 2. The van der Waals surface area contributed by atoms with Crippen molar-refractivity contribution in [2.24, 2.45) is 16.1 Å². The lowest BCUT2D eigenvalue weighted by molar-refractivity contribution is 0.259. The van der Waals surface area contributed by atoms with Crippen molar-refractivity contribution >= 4 is 18.2 Å². The number of aromatic amines is 1. The maximum atomic E-state index is 10.0. The first-order chi connectivity index (χ1) is 11.5. The lowest BCUT2D eigenvalue weighted by atomic mass is 10.0. The van der Waals surface area contributed by atoms with E-state index < -0.39 is 0 Å². The summed E-state index contributed by atoms with van der Waals surface area (Å²) < 4.78 is 0. The molecule has 1 aliphatic rings. The quantitative estimate of drug-likeness (QED) is 0.627. The van der Waals surface area contributed by atoms with Crippen molar-refractivity contribution in [3.8, 4) is 5.88 Å². The van der Waals surface area contributed by atoms with E-state index in [9.17, 15) is 10.2 Å².